The van der Waals surface area contributed by atoms with Gasteiger partial charge in [-0.05, 0) is 50.3 Å². The molecule has 2 aromatic heterocycles. The molecule has 0 radical (unpaired) electrons. The maximum Gasteiger partial charge on any atom is 0.137 e. The van der Waals surface area contributed by atoms with Crippen LogP contribution in [0.3, 0.4) is 0 Å². The van der Waals surface area contributed by atoms with Crippen LogP contribution in [-0.4, -0.2) is 14.9 Å². The first kappa shape index (κ1) is 9.85. The van der Waals surface area contributed by atoms with Gasteiger partial charge in [0, 0.05) is 23.6 Å². The summed E-state index contributed by atoms with van der Waals surface area (Å²) in [7, 11) is 0. The first-order chi connectivity index (χ1) is 7.66. The Bertz CT molecular complexity index is 523. The van der Waals surface area contributed by atoms with Crippen molar-refractivity contribution < 1.29 is 0 Å². The molecular weight excluding hydrogens is 198 g/mol. The fourth-order valence-corrected chi connectivity index (χ4v) is 2.11. The summed E-state index contributed by atoms with van der Waals surface area (Å²) in [4.78, 5) is 4.42. The minimum absolute atomic E-state index is 0.134. The van der Waals surface area contributed by atoms with Crippen molar-refractivity contribution in [2.45, 2.75) is 38.1 Å². The first-order valence-corrected chi connectivity index (χ1v) is 5.88. The quantitative estimate of drug-likeness (QED) is 0.851. The molecule has 2 N–H and O–H groups in total. The highest BCUT2D eigenvalue weighted by molar-refractivity contribution is 5.43. The van der Waals surface area contributed by atoms with Gasteiger partial charge in [-0.3, -0.25) is 0 Å². The van der Waals surface area contributed by atoms with E-state index in [2.05, 4.69) is 34.6 Å². The number of fused-ring (bicyclic) bond motifs is 1. The summed E-state index contributed by atoms with van der Waals surface area (Å²) >= 11 is 0. The number of hydrogen-bond acceptors (Lipinski definition) is 2. The van der Waals surface area contributed by atoms with Crippen molar-refractivity contribution in [3.05, 3.63) is 35.8 Å². The zero-order valence-corrected chi connectivity index (χ0v) is 9.61. The van der Waals surface area contributed by atoms with Gasteiger partial charge in [-0.2, -0.15) is 0 Å². The summed E-state index contributed by atoms with van der Waals surface area (Å²) in [6.07, 6.45) is 8.55. The van der Waals surface area contributed by atoms with Crippen LogP contribution in [0.15, 0.2) is 24.5 Å². The molecule has 16 heavy (non-hydrogen) atoms. The van der Waals surface area contributed by atoms with E-state index < -0.39 is 0 Å². The Labute approximate surface area is 95.3 Å². The lowest BCUT2D eigenvalue weighted by molar-refractivity contribution is 0.601. The number of hydrogen-bond donors (Lipinski definition) is 1. The van der Waals surface area contributed by atoms with E-state index >= 15 is 0 Å². The van der Waals surface area contributed by atoms with Crippen LogP contribution in [0.4, 0.5) is 0 Å². The van der Waals surface area contributed by atoms with E-state index in [0.29, 0.717) is 0 Å². The van der Waals surface area contributed by atoms with Crippen LogP contribution in [0.2, 0.25) is 0 Å². The lowest BCUT2D eigenvalue weighted by atomic mass is 10.1. The summed E-state index contributed by atoms with van der Waals surface area (Å²) in [5.74, 6) is 0. The van der Waals surface area contributed by atoms with Gasteiger partial charge in [-0.15, -0.1) is 0 Å². The molecule has 0 aromatic carbocycles. The molecule has 0 amide bonds. The molecule has 0 atom stereocenters. The van der Waals surface area contributed by atoms with Gasteiger partial charge < -0.3 is 10.1 Å². The van der Waals surface area contributed by atoms with E-state index in [0.717, 1.165) is 18.5 Å². The molecule has 1 aliphatic rings. The SMILES string of the molecule is Cc1ccn2c(CCC3(N)CC3)cnc2c1. The second kappa shape index (κ2) is 3.32. The first-order valence-electron chi connectivity index (χ1n) is 5.88. The number of imidazole rings is 1. The van der Waals surface area contributed by atoms with E-state index in [-0.39, 0.29) is 5.54 Å². The molecule has 3 nitrogen and oxygen atoms in total. The van der Waals surface area contributed by atoms with Crippen LogP contribution < -0.4 is 5.73 Å². The third-order valence-electron chi connectivity index (χ3n) is 3.52. The van der Waals surface area contributed by atoms with Gasteiger partial charge in [0.25, 0.3) is 0 Å². The van der Waals surface area contributed by atoms with Gasteiger partial charge in [0.15, 0.2) is 0 Å². The van der Waals surface area contributed by atoms with E-state index in [9.17, 15) is 0 Å². The zero-order valence-electron chi connectivity index (χ0n) is 9.61. The van der Waals surface area contributed by atoms with E-state index in [4.69, 9.17) is 5.73 Å². The lowest BCUT2D eigenvalue weighted by Gasteiger charge is -2.07. The Morgan fingerprint density at radius 2 is 2.31 bits per heavy atom. The van der Waals surface area contributed by atoms with Crippen molar-refractivity contribution >= 4 is 5.65 Å². The number of nitrogens with zero attached hydrogens (tertiary/aromatic N) is 2. The molecule has 0 unspecified atom stereocenters. The van der Waals surface area contributed by atoms with Gasteiger partial charge in [0.1, 0.15) is 5.65 Å². The monoisotopic (exact) mass is 215 g/mol. The molecule has 0 saturated heterocycles. The van der Waals surface area contributed by atoms with Crippen LogP contribution in [-0.2, 0) is 6.42 Å². The van der Waals surface area contributed by atoms with Crippen LogP contribution in [0.25, 0.3) is 5.65 Å². The fourth-order valence-electron chi connectivity index (χ4n) is 2.11. The molecule has 1 aliphatic carbocycles. The molecule has 1 saturated carbocycles. The molecule has 3 heteroatoms. The van der Waals surface area contributed by atoms with Gasteiger partial charge in [0.2, 0.25) is 0 Å². The van der Waals surface area contributed by atoms with Gasteiger partial charge in [0.05, 0.1) is 0 Å². The van der Waals surface area contributed by atoms with E-state index in [1.165, 1.54) is 24.1 Å². The Morgan fingerprint density at radius 3 is 3.06 bits per heavy atom. The highest BCUT2D eigenvalue weighted by Crippen LogP contribution is 2.36. The fraction of sp³-hybridized carbons (Fsp3) is 0.462. The molecule has 2 heterocycles. The molecule has 2 aromatic rings. The third kappa shape index (κ3) is 1.71. The second-order valence-corrected chi connectivity index (χ2v) is 5.04. The maximum atomic E-state index is 6.10. The highest BCUT2D eigenvalue weighted by atomic mass is 15.0. The normalized spacial score (nSPS) is 17.9. The number of nitrogens with two attached hydrogens (primary N) is 1. The van der Waals surface area contributed by atoms with Crippen LogP contribution in [0.1, 0.15) is 30.5 Å². The third-order valence-corrected chi connectivity index (χ3v) is 3.52. The number of aryl methyl sites for hydroxylation is 2. The zero-order chi connectivity index (χ0) is 11.2. The van der Waals surface area contributed by atoms with Gasteiger partial charge in [-0.1, -0.05) is 0 Å². The predicted molar refractivity (Wildman–Crippen MR) is 64.4 cm³/mol. The molecule has 1 fully saturated rings. The van der Waals surface area contributed by atoms with Gasteiger partial charge >= 0.3 is 0 Å². The largest absolute Gasteiger partial charge is 0.325 e. The van der Waals surface area contributed by atoms with Gasteiger partial charge in [-0.25, -0.2) is 4.98 Å². The average molecular weight is 215 g/mol. The van der Waals surface area contributed by atoms with E-state index in [1.807, 2.05) is 6.20 Å². The average Bonchev–Trinajstić information content (AvgIpc) is 2.87. The molecule has 3 rings (SSSR count). The van der Waals surface area contributed by atoms with Crippen LogP contribution in [0, 0.1) is 6.92 Å². The summed E-state index contributed by atoms with van der Waals surface area (Å²) < 4.78 is 2.17. The molecular formula is C13H17N3. The van der Waals surface area contributed by atoms with Crippen molar-refractivity contribution in [2.24, 2.45) is 5.73 Å². The molecule has 0 aliphatic heterocycles. The smallest absolute Gasteiger partial charge is 0.137 e. The molecule has 0 bridgehead atoms. The van der Waals surface area contributed by atoms with Crippen LogP contribution in [0.5, 0.6) is 0 Å². The van der Waals surface area contributed by atoms with E-state index in [1.54, 1.807) is 0 Å². The number of rotatable bonds is 3. The predicted octanol–water partition coefficient (Wildman–Crippen LogP) is 2.07. The Balaban J connectivity index is 1.86. The van der Waals surface area contributed by atoms with Crippen molar-refractivity contribution in [3.63, 3.8) is 0 Å². The van der Waals surface area contributed by atoms with Crippen molar-refractivity contribution in [3.8, 4) is 0 Å². The van der Waals surface area contributed by atoms with Crippen molar-refractivity contribution in [1.82, 2.24) is 9.38 Å². The minimum Gasteiger partial charge on any atom is -0.325 e. The Hall–Kier alpha value is -1.35. The molecule has 84 valence electrons. The highest BCUT2D eigenvalue weighted by Gasteiger charge is 2.37. The van der Waals surface area contributed by atoms with Crippen molar-refractivity contribution in [2.75, 3.05) is 0 Å². The maximum absolute atomic E-state index is 6.10. The summed E-state index contributed by atoms with van der Waals surface area (Å²) in [6.45, 7) is 2.09. The lowest BCUT2D eigenvalue weighted by Crippen LogP contribution is -2.22. The van der Waals surface area contributed by atoms with Crippen molar-refractivity contribution in [1.29, 1.82) is 0 Å². The number of pyridine rings is 1. The summed E-state index contributed by atoms with van der Waals surface area (Å²) in [5.41, 5.74) is 9.80. The van der Waals surface area contributed by atoms with Crippen LogP contribution >= 0.6 is 0 Å². The topological polar surface area (TPSA) is 43.3 Å². The Morgan fingerprint density at radius 1 is 1.50 bits per heavy atom. The Kier molecular flexibility index (Phi) is 2.04. The number of aromatic nitrogens is 2. The molecule has 0 spiro atoms. The standard InChI is InChI=1S/C13H17N3/c1-10-3-7-16-11(9-15-12(16)8-10)2-4-13(14)5-6-13/h3,7-9H,2,4-6,14H2,1H3. The second-order valence-electron chi connectivity index (χ2n) is 5.04. The minimum atomic E-state index is 0.134. The summed E-state index contributed by atoms with van der Waals surface area (Å²) in [5, 5.41) is 0. The summed E-state index contributed by atoms with van der Waals surface area (Å²) in [6, 6.07) is 4.23.